The lowest BCUT2D eigenvalue weighted by atomic mass is 9.66. The third-order valence-electron chi connectivity index (χ3n) is 8.02. The quantitative estimate of drug-likeness (QED) is 0.524. The SMILES string of the molecule is CCCNC(=O)[C@H]1[C@H]2C(=O)N([C@@H](CC)CO)C(C(=O)Nc3cc(C)ccc3C)C23CC[C@]1(C)S3. The Morgan fingerprint density at radius 1 is 1.24 bits per heavy atom. The minimum absolute atomic E-state index is 0.0932. The second-order valence-electron chi connectivity index (χ2n) is 10.3. The highest BCUT2D eigenvalue weighted by Crippen LogP contribution is 2.71. The molecule has 2 unspecified atom stereocenters. The maximum absolute atomic E-state index is 14.0. The molecule has 0 aromatic heterocycles. The average Bonchev–Trinajstić information content (AvgIpc) is 3.37. The van der Waals surface area contributed by atoms with Crippen LogP contribution in [0.4, 0.5) is 5.69 Å². The largest absolute Gasteiger partial charge is 0.394 e. The van der Waals surface area contributed by atoms with Crippen LogP contribution >= 0.6 is 11.8 Å². The Morgan fingerprint density at radius 3 is 2.62 bits per heavy atom. The number of nitrogens with zero attached hydrogens (tertiary/aromatic N) is 1. The predicted octanol–water partition coefficient (Wildman–Crippen LogP) is 3.02. The molecule has 3 saturated heterocycles. The van der Waals surface area contributed by atoms with Crippen molar-refractivity contribution in [1.29, 1.82) is 0 Å². The Kier molecular flexibility index (Phi) is 6.77. The molecular formula is C26H37N3O4S. The molecule has 3 aliphatic rings. The number of nitrogens with one attached hydrogen (secondary N) is 2. The molecule has 1 aromatic rings. The molecule has 3 aliphatic heterocycles. The summed E-state index contributed by atoms with van der Waals surface area (Å²) in [6.45, 7) is 10.3. The number of aliphatic hydroxyl groups excluding tert-OH is 1. The van der Waals surface area contributed by atoms with Gasteiger partial charge in [-0.2, -0.15) is 0 Å². The number of aliphatic hydroxyl groups is 1. The predicted molar refractivity (Wildman–Crippen MR) is 135 cm³/mol. The van der Waals surface area contributed by atoms with Crippen LogP contribution in [0.1, 0.15) is 57.6 Å². The molecule has 1 spiro atoms. The van der Waals surface area contributed by atoms with Gasteiger partial charge in [0.2, 0.25) is 17.7 Å². The van der Waals surface area contributed by atoms with Crippen LogP contribution in [0.25, 0.3) is 0 Å². The zero-order chi connectivity index (χ0) is 24.8. The number of rotatable bonds is 8. The van der Waals surface area contributed by atoms with E-state index in [0.717, 1.165) is 29.7 Å². The Labute approximate surface area is 206 Å². The maximum atomic E-state index is 14.0. The lowest BCUT2D eigenvalue weighted by Crippen LogP contribution is -2.54. The number of anilines is 1. The highest BCUT2D eigenvalue weighted by Gasteiger charge is 2.77. The number of likely N-dealkylation sites (tertiary alicyclic amines) is 1. The molecule has 3 N–H and O–H groups in total. The van der Waals surface area contributed by atoms with Gasteiger partial charge in [-0.05, 0) is 63.6 Å². The highest BCUT2D eigenvalue weighted by atomic mass is 32.2. The average molecular weight is 488 g/mol. The topological polar surface area (TPSA) is 98.7 Å². The number of aryl methyl sites for hydroxylation is 2. The minimum atomic E-state index is -0.738. The van der Waals surface area contributed by atoms with Crippen molar-refractivity contribution in [3.05, 3.63) is 29.3 Å². The molecule has 8 heteroatoms. The number of fused-ring (bicyclic) bond motifs is 1. The van der Waals surface area contributed by atoms with Crippen molar-refractivity contribution in [2.45, 2.75) is 81.9 Å². The van der Waals surface area contributed by atoms with E-state index in [-0.39, 0.29) is 29.1 Å². The van der Waals surface area contributed by atoms with E-state index in [4.69, 9.17) is 0 Å². The zero-order valence-corrected chi connectivity index (χ0v) is 21.6. The maximum Gasteiger partial charge on any atom is 0.248 e. The molecular weight excluding hydrogens is 450 g/mol. The van der Waals surface area contributed by atoms with Crippen molar-refractivity contribution in [2.75, 3.05) is 18.5 Å². The van der Waals surface area contributed by atoms with Crippen molar-refractivity contribution >= 4 is 35.2 Å². The lowest BCUT2D eigenvalue weighted by molar-refractivity contribution is -0.142. The summed E-state index contributed by atoms with van der Waals surface area (Å²) in [5.74, 6) is -1.55. The van der Waals surface area contributed by atoms with Gasteiger partial charge < -0.3 is 20.6 Å². The molecule has 0 aliphatic carbocycles. The third-order valence-corrected chi connectivity index (χ3v) is 10.0. The van der Waals surface area contributed by atoms with Crippen molar-refractivity contribution in [3.63, 3.8) is 0 Å². The van der Waals surface area contributed by atoms with Gasteiger partial charge in [-0.3, -0.25) is 14.4 Å². The fourth-order valence-electron chi connectivity index (χ4n) is 6.30. The van der Waals surface area contributed by atoms with Crippen LogP contribution in [0, 0.1) is 25.7 Å². The summed E-state index contributed by atoms with van der Waals surface area (Å²) in [7, 11) is 0. The van der Waals surface area contributed by atoms with Crippen molar-refractivity contribution in [3.8, 4) is 0 Å². The number of carbonyl (C=O) groups excluding carboxylic acids is 3. The Bertz CT molecular complexity index is 996. The van der Waals surface area contributed by atoms with Crippen molar-refractivity contribution in [2.24, 2.45) is 11.8 Å². The van der Waals surface area contributed by atoms with Crippen LogP contribution in [0.5, 0.6) is 0 Å². The summed E-state index contributed by atoms with van der Waals surface area (Å²) in [5, 5.41) is 16.2. The summed E-state index contributed by atoms with van der Waals surface area (Å²) in [5.41, 5.74) is 2.72. The first-order valence-electron chi connectivity index (χ1n) is 12.4. The van der Waals surface area contributed by atoms with Gasteiger partial charge in [0.1, 0.15) is 6.04 Å². The first-order valence-corrected chi connectivity index (χ1v) is 13.2. The molecule has 3 fully saturated rings. The summed E-state index contributed by atoms with van der Waals surface area (Å²) in [6, 6.07) is 4.70. The standard InChI is InChI=1S/C26H37N3O4S/c1-6-12-27-22(31)19-20-24(33)29(17(7-2)14-30)21(26(20)11-10-25(19,5)34-26)23(32)28-18-13-15(3)8-9-16(18)4/h8-9,13,17,19-21,30H,6-7,10-12,14H2,1-5H3,(H,27,31)(H,28,32)/t17-,19+,20-,21?,25-,26?/m0/s1. The molecule has 0 saturated carbocycles. The number of thioether (sulfide) groups is 1. The molecule has 2 bridgehead atoms. The van der Waals surface area contributed by atoms with Gasteiger partial charge in [0.15, 0.2) is 0 Å². The van der Waals surface area contributed by atoms with Crippen LogP contribution in [-0.2, 0) is 14.4 Å². The van der Waals surface area contributed by atoms with Gasteiger partial charge in [-0.15, -0.1) is 11.8 Å². The Morgan fingerprint density at radius 2 is 1.97 bits per heavy atom. The van der Waals surface area contributed by atoms with E-state index >= 15 is 0 Å². The molecule has 6 atom stereocenters. The van der Waals surface area contributed by atoms with E-state index in [1.165, 1.54) is 0 Å². The van der Waals surface area contributed by atoms with Crippen LogP contribution < -0.4 is 10.6 Å². The minimum Gasteiger partial charge on any atom is -0.394 e. The number of amides is 3. The fourth-order valence-corrected chi connectivity index (χ4v) is 8.64. The van der Waals surface area contributed by atoms with Crippen LogP contribution in [0.3, 0.4) is 0 Å². The van der Waals surface area contributed by atoms with E-state index in [2.05, 4.69) is 17.6 Å². The number of benzene rings is 1. The van der Waals surface area contributed by atoms with E-state index < -0.39 is 28.7 Å². The molecule has 0 radical (unpaired) electrons. The van der Waals surface area contributed by atoms with Crippen LogP contribution in [0.2, 0.25) is 0 Å². The normalized spacial score (nSPS) is 32.6. The van der Waals surface area contributed by atoms with Crippen molar-refractivity contribution < 1.29 is 19.5 Å². The monoisotopic (exact) mass is 487 g/mol. The second-order valence-corrected chi connectivity index (χ2v) is 12.2. The first kappa shape index (κ1) is 25.0. The molecule has 3 heterocycles. The van der Waals surface area contributed by atoms with Gasteiger partial charge >= 0.3 is 0 Å². The van der Waals surface area contributed by atoms with Gasteiger partial charge in [-0.25, -0.2) is 0 Å². The Balaban J connectivity index is 1.76. The molecule has 1 aromatic carbocycles. The van der Waals surface area contributed by atoms with E-state index in [0.29, 0.717) is 19.4 Å². The zero-order valence-electron chi connectivity index (χ0n) is 20.8. The highest BCUT2D eigenvalue weighted by molar-refractivity contribution is 8.02. The third kappa shape index (κ3) is 3.73. The van der Waals surface area contributed by atoms with E-state index in [1.807, 2.05) is 45.9 Å². The molecule has 4 rings (SSSR count). The molecule has 7 nitrogen and oxygen atoms in total. The smallest absolute Gasteiger partial charge is 0.248 e. The number of hydrogen-bond donors (Lipinski definition) is 3. The molecule has 186 valence electrons. The van der Waals surface area contributed by atoms with Crippen LogP contribution in [0.15, 0.2) is 18.2 Å². The van der Waals surface area contributed by atoms with Gasteiger partial charge in [-0.1, -0.05) is 26.0 Å². The summed E-state index contributed by atoms with van der Waals surface area (Å²) < 4.78 is -1.06. The second kappa shape index (κ2) is 9.19. The fraction of sp³-hybridized carbons (Fsp3) is 0.654. The summed E-state index contributed by atoms with van der Waals surface area (Å²) in [6.07, 6.45) is 2.84. The first-order chi connectivity index (χ1) is 16.1. The summed E-state index contributed by atoms with van der Waals surface area (Å²) >= 11 is 1.66. The molecule has 34 heavy (non-hydrogen) atoms. The van der Waals surface area contributed by atoms with Gasteiger partial charge in [0.05, 0.1) is 29.2 Å². The van der Waals surface area contributed by atoms with Gasteiger partial charge in [0.25, 0.3) is 0 Å². The van der Waals surface area contributed by atoms with Crippen molar-refractivity contribution in [1.82, 2.24) is 10.2 Å². The van der Waals surface area contributed by atoms with Gasteiger partial charge in [0, 0.05) is 17.0 Å². The number of hydrogen-bond acceptors (Lipinski definition) is 5. The van der Waals surface area contributed by atoms with Crippen LogP contribution in [-0.4, -0.2) is 62.5 Å². The van der Waals surface area contributed by atoms with E-state index in [1.54, 1.807) is 16.7 Å². The van der Waals surface area contributed by atoms with E-state index in [9.17, 15) is 19.5 Å². The Hall–Kier alpha value is -2.06. The number of carbonyl (C=O) groups is 3. The molecule has 3 amide bonds. The lowest BCUT2D eigenvalue weighted by Gasteiger charge is -2.36. The summed E-state index contributed by atoms with van der Waals surface area (Å²) in [4.78, 5) is 42.9.